The van der Waals surface area contributed by atoms with Gasteiger partial charge in [0.1, 0.15) is 0 Å². The number of hydrogen-bond donors (Lipinski definition) is 2. The molecular weight excluding hydrogens is 240 g/mol. The molecule has 0 spiro atoms. The van der Waals surface area contributed by atoms with Crippen LogP contribution in [0, 0.1) is 0 Å². The summed E-state index contributed by atoms with van der Waals surface area (Å²) in [6, 6.07) is 0. The van der Waals surface area contributed by atoms with Gasteiger partial charge in [-0.05, 0) is 19.3 Å². The van der Waals surface area contributed by atoms with Gasteiger partial charge >= 0.3 is 0 Å². The molecule has 0 radical (unpaired) electrons. The normalized spacial score (nSPS) is 19.2. The predicted molar refractivity (Wildman–Crippen MR) is 65.4 cm³/mol. The van der Waals surface area contributed by atoms with Gasteiger partial charge in [0.2, 0.25) is 10.1 Å². The molecule has 0 aromatic carbocycles. The highest BCUT2D eigenvalue weighted by Crippen LogP contribution is 2.15. The standard InChI is InChI=1S/C10H16N4O2S/c1-11-10-14-13-9(17-10)8(15)12-5-4-7-3-2-6-16-7/h7H,2-6H2,1H3,(H,11,14)(H,12,15). The number of nitrogens with zero attached hydrogens (tertiary/aromatic N) is 2. The van der Waals surface area contributed by atoms with Crippen LogP contribution in [0.2, 0.25) is 0 Å². The Morgan fingerprint density at radius 3 is 3.12 bits per heavy atom. The molecule has 6 nitrogen and oxygen atoms in total. The van der Waals surface area contributed by atoms with Gasteiger partial charge < -0.3 is 15.4 Å². The van der Waals surface area contributed by atoms with Crippen molar-refractivity contribution in [3.63, 3.8) is 0 Å². The van der Waals surface area contributed by atoms with E-state index in [4.69, 9.17) is 4.74 Å². The summed E-state index contributed by atoms with van der Waals surface area (Å²) in [5.74, 6) is -0.165. The summed E-state index contributed by atoms with van der Waals surface area (Å²) in [5, 5.41) is 14.3. The Hall–Kier alpha value is -1.21. The number of amides is 1. The van der Waals surface area contributed by atoms with Crippen molar-refractivity contribution in [2.75, 3.05) is 25.5 Å². The van der Waals surface area contributed by atoms with Crippen LogP contribution < -0.4 is 10.6 Å². The van der Waals surface area contributed by atoms with Crippen LogP contribution in [0.5, 0.6) is 0 Å². The second kappa shape index (κ2) is 5.92. The first kappa shape index (κ1) is 12.3. The van der Waals surface area contributed by atoms with Crippen LogP contribution in [-0.2, 0) is 4.74 Å². The van der Waals surface area contributed by atoms with Crippen molar-refractivity contribution in [2.45, 2.75) is 25.4 Å². The number of rotatable bonds is 5. The van der Waals surface area contributed by atoms with Crippen molar-refractivity contribution in [3.8, 4) is 0 Å². The Bertz CT molecular complexity index is 376. The Kier molecular flexibility index (Phi) is 4.27. The van der Waals surface area contributed by atoms with E-state index in [2.05, 4.69) is 20.8 Å². The zero-order valence-corrected chi connectivity index (χ0v) is 10.5. The second-order valence-corrected chi connectivity index (χ2v) is 4.82. The fourth-order valence-corrected chi connectivity index (χ4v) is 2.32. The maximum Gasteiger partial charge on any atom is 0.282 e. The summed E-state index contributed by atoms with van der Waals surface area (Å²) in [6.07, 6.45) is 3.39. The van der Waals surface area contributed by atoms with Crippen LogP contribution >= 0.6 is 11.3 Å². The molecule has 1 aliphatic heterocycles. The fraction of sp³-hybridized carbons (Fsp3) is 0.700. The molecule has 0 bridgehead atoms. The summed E-state index contributed by atoms with van der Waals surface area (Å²) < 4.78 is 5.48. The lowest BCUT2D eigenvalue weighted by molar-refractivity contribution is 0.0906. The molecule has 94 valence electrons. The van der Waals surface area contributed by atoms with Crippen LogP contribution in [0.15, 0.2) is 0 Å². The molecule has 1 atom stereocenters. The molecule has 1 aromatic rings. The van der Waals surface area contributed by atoms with Gasteiger partial charge in [-0.3, -0.25) is 4.79 Å². The van der Waals surface area contributed by atoms with E-state index in [9.17, 15) is 4.79 Å². The number of carbonyl (C=O) groups is 1. The van der Waals surface area contributed by atoms with Crippen LogP contribution in [-0.4, -0.2) is 42.4 Å². The minimum absolute atomic E-state index is 0.165. The fourth-order valence-electron chi connectivity index (χ4n) is 1.71. The highest BCUT2D eigenvalue weighted by molar-refractivity contribution is 7.17. The smallest absolute Gasteiger partial charge is 0.282 e. The number of anilines is 1. The first-order valence-corrected chi connectivity index (χ1v) is 6.52. The molecule has 1 fully saturated rings. The molecule has 2 heterocycles. The van der Waals surface area contributed by atoms with E-state index in [1.807, 2.05) is 0 Å². The van der Waals surface area contributed by atoms with E-state index in [0.717, 1.165) is 25.9 Å². The van der Waals surface area contributed by atoms with E-state index in [1.165, 1.54) is 11.3 Å². The lowest BCUT2D eigenvalue weighted by Gasteiger charge is -2.08. The number of nitrogens with one attached hydrogen (secondary N) is 2. The lowest BCUT2D eigenvalue weighted by Crippen LogP contribution is -2.26. The molecule has 1 amide bonds. The summed E-state index contributed by atoms with van der Waals surface area (Å²) in [5.41, 5.74) is 0. The third-order valence-electron chi connectivity index (χ3n) is 2.61. The first-order chi connectivity index (χ1) is 8.29. The predicted octanol–water partition coefficient (Wildman–Crippen LogP) is 0.879. The van der Waals surface area contributed by atoms with Gasteiger partial charge in [0.25, 0.3) is 5.91 Å². The van der Waals surface area contributed by atoms with Gasteiger partial charge in [0, 0.05) is 20.2 Å². The van der Waals surface area contributed by atoms with Gasteiger partial charge in [-0.1, -0.05) is 11.3 Å². The average molecular weight is 256 g/mol. The maximum absolute atomic E-state index is 11.7. The van der Waals surface area contributed by atoms with Gasteiger partial charge in [0.05, 0.1) is 6.10 Å². The molecule has 7 heteroatoms. The highest BCUT2D eigenvalue weighted by atomic mass is 32.1. The Morgan fingerprint density at radius 1 is 1.59 bits per heavy atom. The van der Waals surface area contributed by atoms with Crippen LogP contribution in [0.1, 0.15) is 29.1 Å². The number of aromatic nitrogens is 2. The molecule has 1 aromatic heterocycles. The second-order valence-electron chi connectivity index (χ2n) is 3.84. The van der Waals surface area contributed by atoms with E-state index < -0.39 is 0 Å². The van der Waals surface area contributed by atoms with Crippen molar-refractivity contribution in [3.05, 3.63) is 5.01 Å². The molecule has 0 saturated carbocycles. The van der Waals surface area contributed by atoms with Gasteiger partial charge in [0.15, 0.2) is 0 Å². The van der Waals surface area contributed by atoms with E-state index in [-0.39, 0.29) is 5.91 Å². The Morgan fingerprint density at radius 2 is 2.47 bits per heavy atom. The van der Waals surface area contributed by atoms with Crippen molar-refractivity contribution < 1.29 is 9.53 Å². The average Bonchev–Trinajstić information content (AvgIpc) is 2.99. The Labute approximate surface area is 104 Å². The molecule has 0 aliphatic carbocycles. The summed E-state index contributed by atoms with van der Waals surface area (Å²) in [6.45, 7) is 1.47. The monoisotopic (exact) mass is 256 g/mol. The molecule has 2 N–H and O–H groups in total. The SMILES string of the molecule is CNc1nnc(C(=O)NCCC2CCCO2)s1. The van der Waals surface area contributed by atoms with Crippen molar-refractivity contribution in [1.82, 2.24) is 15.5 Å². The van der Waals surface area contributed by atoms with Gasteiger partial charge in [-0.25, -0.2) is 0 Å². The number of ether oxygens (including phenoxy) is 1. The van der Waals surface area contributed by atoms with Crippen molar-refractivity contribution >= 4 is 22.4 Å². The topological polar surface area (TPSA) is 76.1 Å². The third kappa shape index (κ3) is 3.37. The van der Waals surface area contributed by atoms with E-state index in [1.54, 1.807) is 7.05 Å². The molecule has 17 heavy (non-hydrogen) atoms. The minimum atomic E-state index is -0.165. The highest BCUT2D eigenvalue weighted by Gasteiger charge is 2.16. The Balaban J connectivity index is 1.72. The molecule has 2 rings (SSSR count). The summed E-state index contributed by atoms with van der Waals surface area (Å²) in [4.78, 5) is 11.7. The minimum Gasteiger partial charge on any atom is -0.378 e. The lowest BCUT2D eigenvalue weighted by atomic mass is 10.2. The van der Waals surface area contributed by atoms with Crippen LogP contribution in [0.3, 0.4) is 0 Å². The zero-order valence-electron chi connectivity index (χ0n) is 9.73. The maximum atomic E-state index is 11.7. The van der Waals surface area contributed by atoms with Crippen molar-refractivity contribution in [2.24, 2.45) is 0 Å². The molecule has 1 aliphatic rings. The summed E-state index contributed by atoms with van der Waals surface area (Å²) in [7, 11) is 1.75. The quantitative estimate of drug-likeness (QED) is 0.818. The largest absolute Gasteiger partial charge is 0.378 e. The van der Waals surface area contributed by atoms with Gasteiger partial charge in [-0.2, -0.15) is 0 Å². The molecule has 1 saturated heterocycles. The van der Waals surface area contributed by atoms with Crippen LogP contribution in [0.25, 0.3) is 0 Å². The first-order valence-electron chi connectivity index (χ1n) is 5.70. The number of hydrogen-bond acceptors (Lipinski definition) is 6. The van der Waals surface area contributed by atoms with E-state index in [0.29, 0.717) is 22.8 Å². The van der Waals surface area contributed by atoms with Crippen LogP contribution in [0.4, 0.5) is 5.13 Å². The number of carbonyl (C=O) groups excluding carboxylic acids is 1. The molecule has 1 unspecified atom stereocenters. The van der Waals surface area contributed by atoms with Crippen molar-refractivity contribution in [1.29, 1.82) is 0 Å². The summed E-state index contributed by atoms with van der Waals surface area (Å²) >= 11 is 1.25. The third-order valence-corrected chi connectivity index (χ3v) is 3.55. The van der Waals surface area contributed by atoms with Gasteiger partial charge in [-0.15, -0.1) is 10.2 Å². The zero-order chi connectivity index (χ0) is 12.1. The molecular formula is C10H16N4O2S. The van der Waals surface area contributed by atoms with E-state index >= 15 is 0 Å².